The molecule has 1 unspecified atom stereocenters. The minimum Gasteiger partial charge on any atom is -0.399 e. The van der Waals surface area contributed by atoms with Gasteiger partial charge in [0, 0.05) is 30.9 Å². The Morgan fingerprint density at radius 3 is 3.00 bits per heavy atom. The molecule has 2 rings (SSSR count). The maximum Gasteiger partial charge on any atom is 0.251 e. The molecule has 104 valence electrons. The highest BCUT2D eigenvalue weighted by Gasteiger charge is 2.25. The third-order valence-corrected chi connectivity index (χ3v) is 3.68. The molecule has 5 heteroatoms. The molecule has 1 saturated heterocycles. The molecule has 1 aromatic carbocycles. The molecule has 2 N–H and O–H groups in total. The van der Waals surface area contributed by atoms with Gasteiger partial charge in [0.05, 0.1) is 0 Å². The first kappa shape index (κ1) is 14.2. The zero-order valence-corrected chi connectivity index (χ0v) is 11.8. The summed E-state index contributed by atoms with van der Waals surface area (Å²) in [5, 5.41) is 0.624. The molecule has 0 radical (unpaired) electrons. The van der Waals surface area contributed by atoms with Gasteiger partial charge in [0.2, 0.25) is 0 Å². The van der Waals surface area contributed by atoms with Gasteiger partial charge in [0.25, 0.3) is 5.91 Å². The lowest BCUT2D eigenvalue weighted by molar-refractivity contribution is -0.145. The minimum atomic E-state index is -0.307. The third-order valence-electron chi connectivity index (χ3n) is 3.31. The molecule has 1 aliphatic rings. The Labute approximate surface area is 118 Å². The molecule has 0 bridgehead atoms. The third kappa shape index (κ3) is 3.61. The second-order valence-electron chi connectivity index (χ2n) is 4.90. The van der Waals surface area contributed by atoms with Crippen LogP contribution in [0.2, 0.25) is 5.02 Å². The number of halogens is 1. The minimum absolute atomic E-state index is 0.0122. The lowest BCUT2D eigenvalue weighted by Gasteiger charge is -2.27. The molecule has 0 saturated carbocycles. The van der Waals surface area contributed by atoms with Crippen LogP contribution in [0.15, 0.2) is 18.2 Å². The SMILES string of the molecule is CN(Cc1cc(N)ccc1Cl)C(=O)C1CCCCO1. The predicted molar refractivity (Wildman–Crippen MR) is 75.9 cm³/mol. The summed E-state index contributed by atoms with van der Waals surface area (Å²) in [6.45, 7) is 1.12. The number of anilines is 1. The lowest BCUT2D eigenvalue weighted by Crippen LogP contribution is -2.39. The summed E-state index contributed by atoms with van der Waals surface area (Å²) in [5.41, 5.74) is 7.24. The first-order valence-electron chi connectivity index (χ1n) is 6.48. The number of carbonyl (C=O) groups excluding carboxylic acids is 1. The van der Waals surface area contributed by atoms with Gasteiger partial charge < -0.3 is 15.4 Å². The van der Waals surface area contributed by atoms with E-state index in [9.17, 15) is 4.79 Å². The molecule has 1 heterocycles. The molecule has 1 atom stereocenters. The number of ether oxygens (including phenoxy) is 1. The number of hydrogen-bond acceptors (Lipinski definition) is 3. The summed E-state index contributed by atoms with van der Waals surface area (Å²) in [6, 6.07) is 5.30. The molecular weight excluding hydrogens is 264 g/mol. The first-order valence-corrected chi connectivity index (χ1v) is 6.86. The van der Waals surface area contributed by atoms with Gasteiger partial charge in [-0.05, 0) is 43.0 Å². The van der Waals surface area contributed by atoms with Crippen LogP contribution in [0.4, 0.5) is 5.69 Å². The van der Waals surface area contributed by atoms with Gasteiger partial charge in [0.15, 0.2) is 0 Å². The Bertz CT molecular complexity index is 459. The number of rotatable bonds is 3. The van der Waals surface area contributed by atoms with Crippen LogP contribution >= 0.6 is 11.6 Å². The maximum atomic E-state index is 12.2. The number of likely N-dealkylation sites (N-methyl/N-ethyl adjacent to an activating group) is 1. The lowest BCUT2D eigenvalue weighted by atomic mass is 10.1. The Hall–Kier alpha value is -1.26. The van der Waals surface area contributed by atoms with E-state index in [1.807, 2.05) is 0 Å². The molecule has 19 heavy (non-hydrogen) atoms. The molecule has 0 aromatic heterocycles. The average molecular weight is 283 g/mol. The number of nitrogens with zero attached hydrogens (tertiary/aromatic N) is 1. The predicted octanol–water partition coefficient (Wildman–Crippen LogP) is 2.45. The highest BCUT2D eigenvalue weighted by Crippen LogP contribution is 2.21. The van der Waals surface area contributed by atoms with E-state index in [1.54, 1.807) is 30.1 Å². The van der Waals surface area contributed by atoms with Gasteiger partial charge in [-0.15, -0.1) is 0 Å². The smallest absolute Gasteiger partial charge is 0.251 e. The van der Waals surface area contributed by atoms with E-state index < -0.39 is 0 Å². The summed E-state index contributed by atoms with van der Waals surface area (Å²) in [7, 11) is 1.76. The van der Waals surface area contributed by atoms with Crippen LogP contribution in [0.1, 0.15) is 24.8 Å². The topological polar surface area (TPSA) is 55.6 Å². The largest absolute Gasteiger partial charge is 0.399 e. The van der Waals surface area contributed by atoms with Crippen molar-refractivity contribution in [1.29, 1.82) is 0 Å². The highest BCUT2D eigenvalue weighted by atomic mass is 35.5. The summed E-state index contributed by atoms with van der Waals surface area (Å²) in [4.78, 5) is 13.9. The second-order valence-corrected chi connectivity index (χ2v) is 5.31. The first-order chi connectivity index (χ1) is 9.08. The van der Waals surface area contributed by atoms with Crippen molar-refractivity contribution in [3.63, 3.8) is 0 Å². The summed E-state index contributed by atoms with van der Waals surface area (Å²) in [6.07, 6.45) is 2.57. The zero-order valence-electron chi connectivity index (χ0n) is 11.1. The fraction of sp³-hybridized carbons (Fsp3) is 0.500. The fourth-order valence-corrected chi connectivity index (χ4v) is 2.41. The number of amides is 1. The Balaban J connectivity index is 2.01. The van der Waals surface area contributed by atoms with Gasteiger partial charge in [-0.1, -0.05) is 11.6 Å². The van der Waals surface area contributed by atoms with Crippen molar-refractivity contribution in [3.05, 3.63) is 28.8 Å². The van der Waals surface area contributed by atoms with Crippen LogP contribution in [-0.2, 0) is 16.1 Å². The summed E-state index contributed by atoms with van der Waals surface area (Å²) in [5.74, 6) is 0.0122. The van der Waals surface area contributed by atoms with Gasteiger partial charge >= 0.3 is 0 Å². The van der Waals surface area contributed by atoms with Crippen LogP contribution < -0.4 is 5.73 Å². The summed E-state index contributed by atoms with van der Waals surface area (Å²) >= 11 is 6.11. The molecule has 1 aliphatic heterocycles. The Morgan fingerprint density at radius 2 is 2.32 bits per heavy atom. The quantitative estimate of drug-likeness (QED) is 0.867. The van der Waals surface area contributed by atoms with Crippen LogP contribution in [0, 0.1) is 0 Å². The van der Waals surface area contributed by atoms with E-state index in [0.717, 1.165) is 24.8 Å². The monoisotopic (exact) mass is 282 g/mol. The van der Waals surface area contributed by atoms with E-state index >= 15 is 0 Å². The molecular formula is C14H19ClN2O2. The van der Waals surface area contributed by atoms with E-state index in [-0.39, 0.29) is 12.0 Å². The van der Waals surface area contributed by atoms with Crippen molar-refractivity contribution in [2.75, 3.05) is 19.4 Å². The molecule has 4 nitrogen and oxygen atoms in total. The Morgan fingerprint density at radius 1 is 1.53 bits per heavy atom. The number of nitrogens with two attached hydrogens (primary N) is 1. The standard InChI is InChI=1S/C14H19ClN2O2/c1-17(14(18)13-4-2-3-7-19-13)9-10-8-11(16)5-6-12(10)15/h5-6,8,13H,2-4,7,9,16H2,1H3. The van der Waals surface area contributed by atoms with Gasteiger partial charge in [-0.25, -0.2) is 0 Å². The molecule has 0 spiro atoms. The second kappa shape index (κ2) is 6.26. The normalized spacial score (nSPS) is 19.2. The van der Waals surface area contributed by atoms with Gasteiger partial charge in [0.1, 0.15) is 6.10 Å². The van der Waals surface area contributed by atoms with Gasteiger partial charge in [-0.3, -0.25) is 4.79 Å². The zero-order chi connectivity index (χ0) is 13.8. The molecule has 1 fully saturated rings. The van der Waals surface area contributed by atoms with Gasteiger partial charge in [-0.2, -0.15) is 0 Å². The van der Waals surface area contributed by atoms with Crippen molar-refractivity contribution in [2.45, 2.75) is 31.9 Å². The molecule has 1 aromatic rings. The van der Waals surface area contributed by atoms with E-state index in [0.29, 0.717) is 23.9 Å². The van der Waals surface area contributed by atoms with Crippen molar-refractivity contribution in [1.82, 2.24) is 4.90 Å². The number of carbonyl (C=O) groups is 1. The van der Waals surface area contributed by atoms with Crippen molar-refractivity contribution in [3.8, 4) is 0 Å². The van der Waals surface area contributed by atoms with Crippen LogP contribution in [0.5, 0.6) is 0 Å². The van der Waals surface area contributed by atoms with E-state index in [2.05, 4.69) is 0 Å². The summed E-state index contributed by atoms with van der Waals surface area (Å²) < 4.78 is 5.50. The highest BCUT2D eigenvalue weighted by molar-refractivity contribution is 6.31. The molecule has 0 aliphatic carbocycles. The van der Waals surface area contributed by atoms with E-state index in [1.165, 1.54) is 0 Å². The number of nitrogen functional groups attached to an aromatic ring is 1. The van der Waals surface area contributed by atoms with Crippen LogP contribution in [0.25, 0.3) is 0 Å². The van der Waals surface area contributed by atoms with Crippen molar-refractivity contribution in [2.24, 2.45) is 0 Å². The number of hydrogen-bond donors (Lipinski definition) is 1. The molecule has 1 amide bonds. The van der Waals surface area contributed by atoms with Crippen molar-refractivity contribution < 1.29 is 9.53 Å². The van der Waals surface area contributed by atoms with Crippen LogP contribution in [-0.4, -0.2) is 30.6 Å². The maximum absolute atomic E-state index is 12.2. The Kier molecular flexibility index (Phi) is 4.66. The van der Waals surface area contributed by atoms with Crippen LogP contribution in [0.3, 0.4) is 0 Å². The number of benzene rings is 1. The van der Waals surface area contributed by atoms with Crippen molar-refractivity contribution >= 4 is 23.2 Å². The fourth-order valence-electron chi connectivity index (χ4n) is 2.23. The van der Waals surface area contributed by atoms with E-state index in [4.69, 9.17) is 22.1 Å². The average Bonchev–Trinajstić information content (AvgIpc) is 2.43.